The molecule has 3 N–H and O–H groups in total. The van der Waals surface area contributed by atoms with E-state index in [1.54, 1.807) is 6.07 Å². The molecule has 0 saturated carbocycles. The van der Waals surface area contributed by atoms with Crippen molar-refractivity contribution >= 4 is 28.3 Å². The van der Waals surface area contributed by atoms with E-state index in [0.717, 1.165) is 18.7 Å². The summed E-state index contributed by atoms with van der Waals surface area (Å²) in [5.74, 6) is 0.00200. The van der Waals surface area contributed by atoms with E-state index in [1.165, 1.54) is 6.07 Å². The molecular formula is C12H17BrClFN2O. The lowest BCUT2D eigenvalue weighted by atomic mass is 10.1. The minimum absolute atomic E-state index is 0. The lowest BCUT2D eigenvalue weighted by Gasteiger charge is -2.14. The monoisotopic (exact) mass is 338 g/mol. The quantitative estimate of drug-likeness (QED) is 0.782. The van der Waals surface area contributed by atoms with Crippen molar-refractivity contribution in [3.8, 4) is 0 Å². The van der Waals surface area contributed by atoms with E-state index < -0.39 is 0 Å². The van der Waals surface area contributed by atoms with Gasteiger partial charge in [-0.1, -0.05) is 6.07 Å². The van der Waals surface area contributed by atoms with E-state index in [-0.39, 0.29) is 30.2 Å². The summed E-state index contributed by atoms with van der Waals surface area (Å²) < 4.78 is 13.7. The maximum Gasteiger partial charge on any atom is 0.137 e. The van der Waals surface area contributed by atoms with Crippen molar-refractivity contribution in [3.05, 3.63) is 34.1 Å². The Kier molecular flexibility index (Phi) is 6.52. The van der Waals surface area contributed by atoms with Gasteiger partial charge < -0.3 is 15.7 Å². The van der Waals surface area contributed by atoms with Gasteiger partial charge in [0.1, 0.15) is 5.82 Å². The minimum atomic E-state index is -0.274. The number of halogens is 3. The van der Waals surface area contributed by atoms with Gasteiger partial charge in [-0.25, -0.2) is 4.39 Å². The molecule has 1 saturated heterocycles. The molecule has 2 rings (SSSR count). The highest BCUT2D eigenvalue weighted by molar-refractivity contribution is 9.10. The molecule has 0 amide bonds. The molecule has 0 spiro atoms. The molecule has 1 aliphatic heterocycles. The lowest BCUT2D eigenvalue weighted by Crippen LogP contribution is -2.30. The second kappa shape index (κ2) is 7.40. The van der Waals surface area contributed by atoms with Crippen molar-refractivity contribution in [2.24, 2.45) is 5.92 Å². The molecule has 2 unspecified atom stereocenters. The summed E-state index contributed by atoms with van der Waals surface area (Å²) in [6.45, 7) is 2.86. The normalized spacial score (nSPS) is 22.8. The predicted octanol–water partition coefficient (Wildman–Crippen LogP) is 1.68. The van der Waals surface area contributed by atoms with E-state index in [2.05, 4.69) is 26.6 Å². The number of hydrogen-bond acceptors (Lipinski definition) is 3. The third-order valence-electron chi connectivity index (χ3n) is 3.02. The molecule has 102 valence electrons. The number of aliphatic hydroxyl groups excluding tert-OH is 1. The minimum Gasteiger partial charge on any atom is -0.391 e. The van der Waals surface area contributed by atoms with E-state index in [1.807, 2.05) is 6.07 Å². The molecule has 6 heteroatoms. The van der Waals surface area contributed by atoms with Crippen molar-refractivity contribution < 1.29 is 9.50 Å². The fourth-order valence-electron chi connectivity index (χ4n) is 1.98. The third-order valence-corrected chi connectivity index (χ3v) is 3.67. The van der Waals surface area contributed by atoms with Crippen molar-refractivity contribution in [1.82, 2.24) is 10.6 Å². The molecule has 18 heavy (non-hydrogen) atoms. The molecule has 1 aliphatic rings. The molecule has 2 atom stereocenters. The Morgan fingerprint density at radius 3 is 2.83 bits per heavy atom. The largest absolute Gasteiger partial charge is 0.391 e. The molecule has 0 aromatic heterocycles. The fourth-order valence-corrected chi connectivity index (χ4v) is 2.23. The Labute approximate surface area is 121 Å². The molecule has 1 heterocycles. The van der Waals surface area contributed by atoms with Gasteiger partial charge >= 0.3 is 0 Å². The summed E-state index contributed by atoms with van der Waals surface area (Å²) in [7, 11) is 0. The van der Waals surface area contributed by atoms with Gasteiger partial charge in [-0.05, 0) is 33.6 Å². The molecule has 0 bridgehead atoms. The first kappa shape index (κ1) is 15.9. The number of rotatable bonds is 4. The highest BCUT2D eigenvalue weighted by Crippen LogP contribution is 2.16. The predicted molar refractivity (Wildman–Crippen MR) is 75.4 cm³/mol. The van der Waals surface area contributed by atoms with Crippen LogP contribution >= 0.6 is 28.3 Å². The second-order valence-corrected chi connectivity index (χ2v) is 5.22. The van der Waals surface area contributed by atoms with Crippen LogP contribution in [-0.2, 0) is 6.54 Å². The molecule has 0 radical (unpaired) electrons. The van der Waals surface area contributed by atoms with Crippen molar-refractivity contribution in [2.45, 2.75) is 12.6 Å². The van der Waals surface area contributed by atoms with E-state index in [4.69, 9.17) is 0 Å². The number of hydrogen-bond donors (Lipinski definition) is 3. The third kappa shape index (κ3) is 4.17. The van der Waals surface area contributed by atoms with Crippen LogP contribution in [0.3, 0.4) is 0 Å². The first-order valence-corrected chi connectivity index (χ1v) is 6.49. The van der Waals surface area contributed by atoms with Crippen LogP contribution in [0.25, 0.3) is 0 Å². The topological polar surface area (TPSA) is 44.3 Å². The van der Waals surface area contributed by atoms with Gasteiger partial charge in [0.05, 0.1) is 10.6 Å². The Bertz CT molecular complexity index is 394. The van der Waals surface area contributed by atoms with Gasteiger partial charge in [-0.3, -0.25) is 0 Å². The maximum atomic E-state index is 13.2. The van der Waals surface area contributed by atoms with Crippen LogP contribution in [0, 0.1) is 11.7 Å². The molecule has 1 aromatic rings. The van der Waals surface area contributed by atoms with Gasteiger partial charge in [0, 0.05) is 32.1 Å². The van der Waals surface area contributed by atoms with E-state index in [0.29, 0.717) is 17.6 Å². The van der Waals surface area contributed by atoms with Crippen LogP contribution in [0.15, 0.2) is 22.7 Å². The standard InChI is InChI=1S/C12H16BrFN2O.ClH/c13-10-2-1-8(3-11(10)14)4-15-5-9-6-16-7-12(9)17;/h1-3,9,12,15-17H,4-7H2;1H. The Balaban J connectivity index is 0.00000162. The Hall–Kier alpha value is -0.200. The number of benzene rings is 1. The number of nitrogens with one attached hydrogen (secondary N) is 2. The summed E-state index contributed by atoms with van der Waals surface area (Å²) in [4.78, 5) is 0. The van der Waals surface area contributed by atoms with Gasteiger partial charge in [0.15, 0.2) is 0 Å². The molecular weight excluding hydrogens is 322 g/mol. The van der Waals surface area contributed by atoms with Crippen LogP contribution in [0.1, 0.15) is 5.56 Å². The molecule has 3 nitrogen and oxygen atoms in total. The maximum absolute atomic E-state index is 13.2. The van der Waals surface area contributed by atoms with E-state index >= 15 is 0 Å². The van der Waals surface area contributed by atoms with Gasteiger partial charge in [-0.2, -0.15) is 0 Å². The van der Waals surface area contributed by atoms with Crippen LogP contribution in [0.2, 0.25) is 0 Å². The summed E-state index contributed by atoms with van der Waals surface area (Å²) in [6, 6.07) is 5.10. The Morgan fingerprint density at radius 1 is 1.44 bits per heavy atom. The zero-order valence-electron chi connectivity index (χ0n) is 9.83. The first-order chi connectivity index (χ1) is 8.16. The van der Waals surface area contributed by atoms with Gasteiger partial charge in [0.25, 0.3) is 0 Å². The highest BCUT2D eigenvalue weighted by Gasteiger charge is 2.23. The van der Waals surface area contributed by atoms with Crippen molar-refractivity contribution in [3.63, 3.8) is 0 Å². The summed E-state index contributed by atoms with van der Waals surface area (Å²) in [5, 5.41) is 16.0. The Morgan fingerprint density at radius 2 is 2.22 bits per heavy atom. The van der Waals surface area contributed by atoms with Crippen molar-refractivity contribution in [2.75, 3.05) is 19.6 Å². The van der Waals surface area contributed by atoms with Crippen LogP contribution < -0.4 is 10.6 Å². The average molecular weight is 340 g/mol. The summed E-state index contributed by atoms with van der Waals surface area (Å²) in [6.07, 6.45) is -0.274. The number of aliphatic hydroxyl groups is 1. The number of β-amino-alcohol motifs (C(OH)–C–C–N with tert-alkyl or cyclic N) is 1. The summed E-state index contributed by atoms with van der Waals surface area (Å²) >= 11 is 3.12. The SMILES string of the molecule is Cl.OC1CNCC1CNCc1ccc(Br)c(F)c1. The van der Waals surface area contributed by atoms with E-state index in [9.17, 15) is 9.50 Å². The second-order valence-electron chi connectivity index (χ2n) is 4.37. The zero-order valence-corrected chi connectivity index (χ0v) is 12.2. The summed E-state index contributed by atoms with van der Waals surface area (Å²) in [5.41, 5.74) is 0.908. The highest BCUT2D eigenvalue weighted by atomic mass is 79.9. The van der Waals surface area contributed by atoms with Gasteiger partial charge in [-0.15, -0.1) is 12.4 Å². The molecule has 1 aromatic carbocycles. The molecule has 0 aliphatic carbocycles. The van der Waals surface area contributed by atoms with Crippen LogP contribution in [0.4, 0.5) is 4.39 Å². The van der Waals surface area contributed by atoms with Crippen LogP contribution in [0.5, 0.6) is 0 Å². The lowest BCUT2D eigenvalue weighted by molar-refractivity contribution is 0.146. The first-order valence-electron chi connectivity index (χ1n) is 5.70. The smallest absolute Gasteiger partial charge is 0.137 e. The zero-order chi connectivity index (χ0) is 12.3. The average Bonchev–Trinajstić information content (AvgIpc) is 2.70. The fraction of sp³-hybridized carbons (Fsp3) is 0.500. The van der Waals surface area contributed by atoms with Gasteiger partial charge in [0.2, 0.25) is 0 Å². The van der Waals surface area contributed by atoms with Crippen LogP contribution in [-0.4, -0.2) is 30.8 Å². The van der Waals surface area contributed by atoms with Crippen molar-refractivity contribution in [1.29, 1.82) is 0 Å². The molecule has 1 fully saturated rings.